The smallest absolute Gasteiger partial charge is 0.184 e. The van der Waals surface area contributed by atoms with Gasteiger partial charge < -0.3 is 35.0 Å². The molecular formula is C9H18O7. The molecule has 0 amide bonds. The van der Waals surface area contributed by atoms with E-state index in [-0.39, 0.29) is 6.61 Å². The van der Waals surface area contributed by atoms with Gasteiger partial charge in [-0.05, 0) is 6.92 Å². The van der Waals surface area contributed by atoms with Gasteiger partial charge in [-0.1, -0.05) is 0 Å². The maximum atomic E-state index is 9.61. The average molecular weight is 238 g/mol. The van der Waals surface area contributed by atoms with Crippen LogP contribution < -0.4 is 0 Å². The van der Waals surface area contributed by atoms with E-state index in [0.717, 1.165) is 0 Å². The third kappa shape index (κ3) is 3.11. The van der Waals surface area contributed by atoms with E-state index >= 15 is 0 Å². The van der Waals surface area contributed by atoms with Crippen LogP contribution in [0.3, 0.4) is 0 Å². The Morgan fingerprint density at radius 3 is 2.38 bits per heavy atom. The Morgan fingerprint density at radius 1 is 1.25 bits per heavy atom. The van der Waals surface area contributed by atoms with Gasteiger partial charge >= 0.3 is 0 Å². The molecule has 16 heavy (non-hydrogen) atoms. The summed E-state index contributed by atoms with van der Waals surface area (Å²) in [5.41, 5.74) is 0. The van der Waals surface area contributed by atoms with Crippen molar-refractivity contribution in [3.63, 3.8) is 0 Å². The third-order valence-electron chi connectivity index (χ3n) is 2.37. The maximum Gasteiger partial charge on any atom is 0.184 e. The Morgan fingerprint density at radius 2 is 1.88 bits per heavy atom. The fourth-order valence-corrected chi connectivity index (χ4v) is 1.50. The Kier molecular flexibility index (Phi) is 5.06. The van der Waals surface area contributed by atoms with E-state index in [2.05, 4.69) is 0 Å². The molecule has 0 radical (unpaired) electrons. The summed E-state index contributed by atoms with van der Waals surface area (Å²) in [6.45, 7) is 0.868. The van der Waals surface area contributed by atoms with Crippen molar-refractivity contribution >= 4 is 0 Å². The molecule has 1 rings (SSSR count). The zero-order chi connectivity index (χ0) is 12.3. The molecule has 0 aliphatic carbocycles. The lowest BCUT2D eigenvalue weighted by molar-refractivity contribution is -0.298. The molecule has 6 atom stereocenters. The van der Waals surface area contributed by atoms with E-state index in [0.29, 0.717) is 0 Å². The van der Waals surface area contributed by atoms with Crippen LogP contribution in [0.4, 0.5) is 0 Å². The van der Waals surface area contributed by atoms with Crippen LogP contribution in [-0.4, -0.2) is 75.6 Å². The first-order valence-corrected chi connectivity index (χ1v) is 5.07. The molecule has 5 N–H and O–H groups in total. The molecule has 0 spiro atoms. The van der Waals surface area contributed by atoms with Crippen LogP contribution >= 0.6 is 0 Å². The van der Waals surface area contributed by atoms with Gasteiger partial charge in [0.15, 0.2) is 6.29 Å². The predicted molar refractivity (Wildman–Crippen MR) is 51.4 cm³/mol. The molecule has 0 bridgehead atoms. The topological polar surface area (TPSA) is 120 Å². The highest BCUT2D eigenvalue weighted by Crippen LogP contribution is 2.22. The molecule has 7 nitrogen and oxygen atoms in total. The summed E-state index contributed by atoms with van der Waals surface area (Å²) in [6.07, 6.45) is -7.11. The summed E-state index contributed by atoms with van der Waals surface area (Å²) in [7, 11) is 0. The molecule has 0 aromatic carbocycles. The lowest BCUT2D eigenvalue weighted by Crippen LogP contribution is -2.59. The Labute approximate surface area is 92.9 Å². The van der Waals surface area contributed by atoms with E-state index in [4.69, 9.17) is 19.7 Å². The summed E-state index contributed by atoms with van der Waals surface area (Å²) in [6, 6.07) is 0. The number of aliphatic hydroxyl groups is 5. The lowest BCUT2D eigenvalue weighted by atomic mass is 9.99. The maximum absolute atomic E-state index is 9.61. The van der Waals surface area contributed by atoms with E-state index in [1.165, 1.54) is 6.92 Å². The van der Waals surface area contributed by atoms with Crippen LogP contribution in [0.5, 0.6) is 0 Å². The van der Waals surface area contributed by atoms with Crippen molar-refractivity contribution in [2.24, 2.45) is 0 Å². The predicted octanol–water partition coefficient (Wildman–Crippen LogP) is -2.82. The molecule has 1 aliphatic rings. The normalized spacial score (nSPS) is 42.0. The minimum absolute atomic E-state index is 0.0986. The van der Waals surface area contributed by atoms with Gasteiger partial charge in [-0.25, -0.2) is 0 Å². The van der Waals surface area contributed by atoms with Gasteiger partial charge in [0.25, 0.3) is 0 Å². The van der Waals surface area contributed by atoms with Crippen LogP contribution in [0.25, 0.3) is 0 Å². The second-order valence-corrected chi connectivity index (χ2v) is 3.88. The van der Waals surface area contributed by atoms with Crippen molar-refractivity contribution in [3.8, 4) is 0 Å². The molecule has 1 heterocycles. The van der Waals surface area contributed by atoms with Gasteiger partial charge in [-0.2, -0.15) is 0 Å². The summed E-state index contributed by atoms with van der Waals surface area (Å²) in [5, 5.41) is 46.4. The van der Waals surface area contributed by atoms with Crippen molar-refractivity contribution in [1.82, 2.24) is 0 Å². The van der Waals surface area contributed by atoms with Gasteiger partial charge in [0, 0.05) is 0 Å². The highest BCUT2D eigenvalue weighted by atomic mass is 16.7. The quantitative estimate of drug-likeness (QED) is 0.358. The number of hydrogen-bond donors (Lipinski definition) is 5. The summed E-state index contributed by atoms with van der Waals surface area (Å²) >= 11 is 0. The Hall–Kier alpha value is -0.280. The van der Waals surface area contributed by atoms with Crippen LogP contribution in [0, 0.1) is 0 Å². The van der Waals surface area contributed by atoms with E-state index in [1.807, 2.05) is 0 Å². The van der Waals surface area contributed by atoms with E-state index in [1.54, 1.807) is 0 Å². The van der Waals surface area contributed by atoms with Gasteiger partial charge in [0.05, 0.1) is 19.3 Å². The lowest BCUT2D eigenvalue weighted by Gasteiger charge is -2.39. The molecule has 1 aliphatic heterocycles. The van der Waals surface area contributed by atoms with Crippen LogP contribution in [-0.2, 0) is 9.47 Å². The van der Waals surface area contributed by atoms with Crippen molar-refractivity contribution in [2.75, 3.05) is 13.2 Å². The average Bonchev–Trinajstić information content (AvgIpc) is 2.22. The number of aliphatic hydroxyl groups excluding tert-OH is 5. The number of ether oxygens (including phenoxy) is 2. The minimum atomic E-state index is -1.45. The van der Waals surface area contributed by atoms with E-state index < -0.39 is 43.4 Å². The van der Waals surface area contributed by atoms with Crippen molar-refractivity contribution in [2.45, 2.75) is 43.7 Å². The molecule has 0 aromatic rings. The molecule has 0 aromatic heterocycles. The van der Waals surface area contributed by atoms with Crippen LogP contribution in [0.15, 0.2) is 0 Å². The molecule has 1 fully saturated rings. The SMILES string of the molecule is CC(O)CO[C@@H]1[C@@H](O)[C@H](O)[C@@H](CO)O[C@H]1O. The molecular weight excluding hydrogens is 220 g/mol. The van der Waals surface area contributed by atoms with Gasteiger partial charge in [0.1, 0.15) is 24.4 Å². The van der Waals surface area contributed by atoms with Crippen LogP contribution in [0.1, 0.15) is 6.92 Å². The van der Waals surface area contributed by atoms with Gasteiger partial charge in [-0.15, -0.1) is 0 Å². The zero-order valence-corrected chi connectivity index (χ0v) is 8.93. The van der Waals surface area contributed by atoms with Crippen LogP contribution in [0.2, 0.25) is 0 Å². The minimum Gasteiger partial charge on any atom is -0.394 e. The first-order chi connectivity index (χ1) is 7.47. The first-order valence-electron chi connectivity index (χ1n) is 5.07. The fraction of sp³-hybridized carbons (Fsp3) is 1.00. The summed E-state index contributed by atoms with van der Waals surface area (Å²) in [4.78, 5) is 0. The molecule has 1 unspecified atom stereocenters. The Bertz CT molecular complexity index is 210. The Balaban J connectivity index is 2.57. The number of rotatable bonds is 4. The first kappa shape index (κ1) is 13.8. The monoisotopic (exact) mass is 238 g/mol. The van der Waals surface area contributed by atoms with Crippen molar-refractivity contribution in [3.05, 3.63) is 0 Å². The second kappa shape index (κ2) is 5.87. The highest BCUT2D eigenvalue weighted by molar-refractivity contribution is 4.89. The molecule has 1 saturated heterocycles. The summed E-state index contributed by atoms with van der Waals surface area (Å²) < 4.78 is 9.87. The van der Waals surface area contributed by atoms with E-state index in [9.17, 15) is 15.3 Å². The van der Waals surface area contributed by atoms with Crippen molar-refractivity contribution < 1.29 is 35.0 Å². The van der Waals surface area contributed by atoms with Gasteiger partial charge in [0.2, 0.25) is 0 Å². The standard InChI is InChI=1S/C9H18O7/c1-4(11)3-15-8-7(13)6(12)5(2-10)16-9(8)14/h4-14H,2-3H2,1H3/t4?,5-,6-,7+,8-,9-/m1/s1. The second-order valence-electron chi connectivity index (χ2n) is 3.88. The molecule has 96 valence electrons. The van der Waals surface area contributed by atoms with Crippen molar-refractivity contribution in [1.29, 1.82) is 0 Å². The number of hydrogen-bond acceptors (Lipinski definition) is 7. The van der Waals surface area contributed by atoms with Gasteiger partial charge in [-0.3, -0.25) is 0 Å². The highest BCUT2D eigenvalue weighted by Gasteiger charge is 2.44. The largest absolute Gasteiger partial charge is 0.394 e. The third-order valence-corrected chi connectivity index (χ3v) is 2.37. The molecule has 7 heteroatoms. The summed E-state index contributed by atoms with van der Waals surface area (Å²) in [5.74, 6) is 0. The zero-order valence-electron chi connectivity index (χ0n) is 8.93. The molecule has 0 saturated carbocycles. The fourth-order valence-electron chi connectivity index (χ4n) is 1.50.